The maximum atomic E-state index is 12.7. The number of fused-ring (bicyclic) bond motifs is 1. The first-order valence-electron chi connectivity index (χ1n) is 12.1. The van der Waals surface area contributed by atoms with E-state index in [1.54, 1.807) is 48.7 Å². The van der Waals surface area contributed by atoms with Crippen LogP contribution in [0.3, 0.4) is 0 Å². The van der Waals surface area contributed by atoms with E-state index in [9.17, 15) is 14.4 Å². The molecule has 5 rings (SSSR count). The molecule has 5 N–H and O–H groups in total. The number of rotatable bonds is 7. The molecule has 2 aromatic carbocycles. The Hall–Kier alpha value is -5.18. The van der Waals surface area contributed by atoms with Gasteiger partial charge in [-0.2, -0.15) is 0 Å². The van der Waals surface area contributed by atoms with Gasteiger partial charge < -0.3 is 26.3 Å². The lowest BCUT2D eigenvalue weighted by molar-refractivity contribution is -0.111. The molecule has 0 radical (unpaired) electrons. The summed E-state index contributed by atoms with van der Waals surface area (Å²) in [7, 11) is 0. The van der Waals surface area contributed by atoms with E-state index in [0.717, 1.165) is 29.8 Å². The molecule has 0 bridgehead atoms. The van der Waals surface area contributed by atoms with Crippen LogP contribution < -0.4 is 21.7 Å². The van der Waals surface area contributed by atoms with E-state index >= 15 is 0 Å². The molecule has 0 saturated carbocycles. The number of nitrogens with zero attached hydrogens (tertiary/aromatic N) is 2. The van der Waals surface area contributed by atoms with Gasteiger partial charge in [-0.3, -0.25) is 14.4 Å². The van der Waals surface area contributed by atoms with E-state index in [1.807, 2.05) is 24.3 Å². The first kappa shape index (κ1) is 24.5. The van der Waals surface area contributed by atoms with E-state index < -0.39 is 5.91 Å². The summed E-state index contributed by atoms with van der Waals surface area (Å²) in [4.78, 5) is 41.3. The minimum Gasteiger partial charge on any atom is -0.371 e. The van der Waals surface area contributed by atoms with Crippen molar-refractivity contribution in [2.24, 2.45) is 5.73 Å². The molecule has 9 heteroatoms. The second kappa shape index (κ2) is 10.4. The van der Waals surface area contributed by atoms with E-state index in [2.05, 4.69) is 32.1 Å². The van der Waals surface area contributed by atoms with E-state index in [-0.39, 0.29) is 11.8 Å². The number of pyridine rings is 1. The van der Waals surface area contributed by atoms with Crippen LogP contribution in [-0.2, 0) is 11.3 Å². The summed E-state index contributed by atoms with van der Waals surface area (Å²) in [5.41, 5.74) is 10.5. The monoisotopic (exact) mass is 506 g/mol. The highest BCUT2D eigenvalue weighted by Crippen LogP contribution is 2.43. The molecule has 0 unspecified atom stereocenters. The van der Waals surface area contributed by atoms with Crippen molar-refractivity contribution < 1.29 is 14.4 Å². The number of carbonyl (C=O) groups is 3. The zero-order valence-electron chi connectivity index (χ0n) is 20.5. The standard InChI is InChI=1S/C29H26N6O3/c1-2-23(36)33-21-13-11-19(12-14-21)26-24(25(27(30)37)28-32-16-5-17-35(26)28)18-7-9-20(10-8-18)29(38)34-22-6-3-4-15-31-22/h2-4,6-15,32H,1,5,16-17H2,(H2,30,37)(H,33,36)(H,31,34,38). The number of primary amides is 1. The maximum absolute atomic E-state index is 12.7. The Bertz CT molecular complexity index is 1520. The summed E-state index contributed by atoms with van der Waals surface area (Å²) in [5.74, 6) is -0.00345. The Labute approximate surface area is 219 Å². The van der Waals surface area contributed by atoms with Gasteiger partial charge in [-0.25, -0.2) is 4.98 Å². The molecule has 1 aliphatic rings. The van der Waals surface area contributed by atoms with E-state index in [4.69, 9.17) is 5.73 Å². The highest BCUT2D eigenvalue weighted by molar-refractivity contribution is 6.10. The second-order valence-corrected chi connectivity index (χ2v) is 8.76. The summed E-state index contributed by atoms with van der Waals surface area (Å²) < 4.78 is 2.07. The van der Waals surface area contributed by atoms with Gasteiger partial charge in [0.1, 0.15) is 11.6 Å². The quantitative estimate of drug-likeness (QED) is 0.274. The molecule has 0 fully saturated rings. The fourth-order valence-electron chi connectivity index (χ4n) is 4.61. The molecule has 0 saturated heterocycles. The van der Waals surface area contributed by atoms with Crippen LogP contribution in [0.4, 0.5) is 17.3 Å². The number of aromatic nitrogens is 2. The minimum absolute atomic E-state index is 0.291. The zero-order valence-corrected chi connectivity index (χ0v) is 20.5. The van der Waals surface area contributed by atoms with Crippen LogP contribution >= 0.6 is 0 Å². The molecule has 190 valence electrons. The summed E-state index contributed by atoms with van der Waals surface area (Å²) in [6.45, 7) is 4.91. The molecule has 1 aliphatic heterocycles. The van der Waals surface area contributed by atoms with Crippen LogP contribution in [0.5, 0.6) is 0 Å². The van der Waals surface area contributed by atoms with E-state index in [0.29, 0.717) is 40.6 Å². The number of benzene rings is 2. The maximum Gasteiger partial charge on any atom is 0.256 e. The Balaban J connectivity index is 1.57. The molecular weight excluding hydrogens is 480 g/mol. The number of nitrogens with one attached hydrogen (secondary N) is 3. The van der Waals surface area contributed by atoms with Crippen LogP contribution in [-0.4, -0.2) is 33.8 Å². The van der Waals surface area contributed by atoms with Gasteiger partial charge >= 0.3 is 0 Å². The number of hydrogen-bond acceptors (Lipinski definition) is 5. The Morgan fingerprint density at radius 2 is 1.71 bits per heavy atom. The van der Waals surface area contributed by atoms with Crippen molar-refractivity contribution in [3.8, 4) is 22.4 Å². The van der Waals surface area contributed by atoms with Crippen LogP contribution in [0.1, 0.15) is 27.1 Å². The lowest BCUT2D eigenvalue weighted by atomic mass is 9.96. The van der Waals surface area contributed by atoms with Gasteiger partial charge in [0.2, 0.25) is 5.91 Å². The van der Waals surface area contributed by atoms with Crippen LogP contribution in [0.25, 0.3) is 22.4 Å². The molecule has 0 aliphatic carbocycles. The normalized spacial score (nSPS) is 12.1. The topological polar surface area (TPSA) is 131 Å². The third-order valence-electron chi connectivity index (χ3n) is 6.31. The van der Waals surface area contributed by atoms with E-state index in [1.165, 1.54) is 6.08 Å². The van der Waals surface area contributed by atoms with Gasteiger partial charge in [0.25, 0.3) is 11.8 Å². The third-order valence-corrected chi connectivity index (χ3v) is 6.31. The largest absolute Gasteiger partial charge is 0.371 e. The summed E-state index contributed by atoms with van der Waals surface area (Å²) in [6.07, 6.45) is 3.70. The molecule has 38 heavy (non-hydrogen) atoms. The minimum atomic E-state index is -0.545. The van der Waals surface area contributed by atoms with Crippen molar-refractivity contribution in [2.75, 3.05) is 22.5 Å². The molecule has 9 nitrogen and oxygen atoms in total. The van der Waals surface area contributed by atoms with Gasteiger partial charge in [-0.15, -0.1) is 0 Å². The van der Waals surface area contributed by atoms with Crippen molar-refractivity contribution >= 4 is 35.0 Å². The number of anilines is 3. The lowest BCUT2D eigenvalue weighted by Crippen LogP contribution is -2.21. The molecule has 3 amide bonds. The highest BCUT2D eigenvalue weighted by Gasteiger charge is 2.29. The van der Waals surface area contributed by atoms with Crippen molar-refractivity contribution in [1.82, 2.24) is 9.55 Å². The fourth-order valence-corrected chi connectivity index (χ4v) is 4.61. The summed E-state index contributed by atoms with van der Waals surface area (Å²) >= 11 is 0. The molecule has 2 aromatic heterocycles. The van der Waals surface area contributed by atoms with Crippen LogP contribution in [0.2, 0.25) is 0 Å². The van der Waals surface area contributed by atoms with Gasteiger partial charge in [0.05, 0.1) is 11.3 Å². The zero-order chi connectivity index (χ0) is 26.6. The lowest BCUT2D eigenvalue weighted by Gasteiger charge is -2.20. The first-order valence-corrected chi connectivity index (χ1v) is 12.1. The Morgan fingerprint density at radius 1 is 0.974 bits per heavy atom. The second-order valence-electron chi connectivity index (χ2n) is 8.76. The SMILES string of the molecule is C=CC(=O)Nc1ccc(-c2c(-c3ccc(C(=O)Nc4ccccn4)cc3)c(C(N)=O)c3n2CCCN3)cc1. The Morgan fingerprint density at radius 3 is 2.37 bits per heavy atom. The fraction of sp³-hybridized carbons (Fsp3) is 0.103. The summed E-state index contributed by atoms with van der Waals surface area (Å²) in [6, 6.07) is 19.7. The molecule has 0 atom stereocenters. The van der Waals surface area contributed by atoms with Gasteiger partial charge in [0.15, 0.2) is 0 Å². The molecule has 3 heterocycles. The average molecular weight is 507 g/mol. The smallest absolute Gasteiger partial charge is 0.256 e. The number of hydrogen-bond donors (Lipinski definition) is 4. The number of nitrogens with two attached hydrogens (primary N) is 1. The highest BCUT2D eigenvalue weighted by atomic mass is 16.2. The van der Waals surface area contributed by atoms with Crippen molar-refractivity contribution in [2.45, 2.75) is 13.0 Å². The van der Waals surface area contributed by atoms with Crippen molar-refractivity contribution in [3.63, 3.8) is 0 Å². The van der Waals surface area contributed by atoms with Crippen molar-refractivity contribution in [1.29, 1.82) is 0 Å². The predicted molar refractivity (Wildman–Crippen MR) is 148 cm³/mol. The number of amides is 3. The average Bonchev–Trinajstić information content (AvgIpc) is 3.29. The first-order chi connectivity index (χ1) is 18.5. The molecular formula is C29H26N6O3. The third kappa shape index (κ3) is 4.77. The van der Waals surface area contributed by atoms with Crippen LogP contribution in [0.15, 0.2) is 85.6 Å². The van der Waals surface area contributed by atoms with Crippen LogP contribution in [0, 0.1) is 0 Å². The van der Waals surface area contributed by atoms with Gasteiger partial charge in [0, 0.05) is 36.1 Å². The Kier molecular flexibility index (Phi) is 6.73. The molecule has 0 spiro atoms. The van der Waals surface area contributed by atoms with Gasteiger partial charge in [-0.05, 0) is 60.0 Å². The number of carbonyl (C=O) groups excluding carboxylic acids is 3. The molecule has 4 aromatic rings. The van der Waals surface area contributed by atoms with Gasteiger partial charge in [-0.1, -0.05) is 36.9 Å². The van der Waals surface area contributed by atoms with Crippen molar-refractivity contribution in [3.05, 3.63) is 96.7 Å². The predicted octanol–water partition coefficient (Wildman–Crippen LogP) is 4.51. The summed E-state index contributed by atoms with van der Waals surface area (Å²) in [5, 5.41) is 8.85.